The van der Waals surface area contributed by atoms with E-state index in [1.807, 2.05) is 19.3 Å². The number of hydrogen-bond donors (Lipinski definition) is 0. The van der Waals surface area contributed by atoms with Crippen LogP contribution in [0.4, 0.5) is 0 Å². The van der Waals surface area contributed by atoms with Gasteiger partial charge in [0.05, 0.1) is 12.6 Å². The van der Waals surface area contributed by atoms with Gasteiger partial charge in [-0.2, -0.15) is 0 Å². The van der Waals surface area contributed by atoms with Gasteiger partial charge in [0.1, 0.15) is 0 Å². The van der Waals surface area contributed by atoms with E-state index in [0.29, 0.717) is 6.54 Å². The zero-order valence-corrected chi connectivity index (χ0v) is 8.48. The lowest BCUT2D eigenvalue weighted by molar-refractivity contribution is 0.0960. The minimum Gasteiger partial charge on any atom is -0.376 e. The van der Waals surface area contributed by atoms with Crippen LogP contribution in [-0.2, 0) is 17.8 Å². The molecular formula is C10H16N2O2. The fourth-order valence-electron chi connectivity index (χ4n) is 1.84. The topological polar surface area (TPSA) is 36.2 Å². The van der Waals surface area contributed by atoms with Gasteiger partial charge in [-0.3, -0.25) is 9.13 Å². The van der Waals surface area contributed by atoms with Gasteiger partial charge in [-0.05, 0) is 19.8 Å². The van der Waals surface area contributed by atoms with E-state index in [1.165, 1.54) is 0 Å². The average molecular weight is 196 g/mol. The van der Waals surface area contributed by atoms with Crippen molar-refractivity contribution in [3.05, 3.63) is 22.9 Å². The molecule has 0 aromatic carbocycles. The first-order valence-corrected chi connectivity index (χ1v) is 5.18. The molecule has 0 amide bonds. The van der Waals surface area contributed by atoms with E-state index < -0.39 is 0 Å². The molecule has 1 aliphatic heterocycles. The highest BCUT2D eigenvalue weighted by Gasteiger charge is 2.16. The van der Waals surface area contributed by atoms with Gasteiger partial charge in [0, 0.05) is 25.5 Å². The van der Waals surface area contributed by atoms with E-state index in [-0.39, 0.29) is 11.8 Å². The van der Waals surface area contributed by atoms with Gasteiger partial charge >= 0.3 is 5.69 Å². The molecule has 0 N–H and O–H groups in total. The Kier molecular flexibility index (Phi) is 2.72. The van der Waals surface area contributed by atoms with Crippen LogP contribution in [0.5, 0.6) is 0 Å². The Labute approximate surface area is 83.1 Å². The summed E-state index contributed by atoms with van der Waals surface area (Å²) in [6, 6.07) is 0. The molecule has 1 aliphatic rings. The zero-order chi connectivity index (χ0) is 9.97. The molecule has 1 saturated heterocycles. The maximum Gasteiger partial charge on any atom is 0.328 e. The predicted octanol–water partition coefficient (Wildman–Crippen LogP) is 0.849. The van der Waals surface area contributed by atoms with E-state index >= 15 is 0 Å². The number of aromatic nitrogens is 2. The van der Waals surface area contributed by atoms with Crippen molar-refractivity contribution in [3.63, 3.8) is 0 Å². The molecular weight excluding hydrogens is 180 g/mol. The van der Waals surface area contributed by atoms with E-state index in [9.17, 15) is 4.79 Å². The van der Waals surface area contributed by atoms with Crippen LogP contribution >= 0.6 is 0 Å². The molecule has 2 rings (SSSR count). The summed E-state index contributed by atoms with van der Waals surface area (Å²) in [5.41, 5.74) is 0.0722. The molecule has 1 unspecified atom stereocenters. The van der Waals surface area contributed by atoms with E-state index in [4.69, 9.17) is 4.74 Å². The third-order valence-corrected chi connectivity index (χ3v) is 2.68. The summed E-state index contributed by atoms with van der Waals surface area (Å²) in [5, 5.41) is 0. The number of rotatable bonds is 3. The Morgan fingerprint density at radius 1 is 1.50 bits per heavy atom. The highest BCUT2D eigenvalue weighted by molar-refractivity contribution is 4.82. The Morgan fingerprint density at radius 2 is 2.29 bits per heavy atom. The van der Waals surface area contributed by atoms with Crippen LogP contribution in [0.2, 0.25) is 0 Å². The number of ether oxygens (including phenoxy) is 1. The lowest BCUT2D eigenvalue weighted by Gasteiger charge is -2.08. The first-order valence-electron chi connectivity index (χ1n) is 5.18. The quantitative estimate of drug-likeness (QED) is 0.718. The lowest BCUT2D eigenvalue weighted by atomic mass is 10.2. The van der Waals surface area contributed by atoms with Crippen LogP contribution in [0.3, 0.4) is 0 Å². The summed E-state index contributed by atoms with van der Waals surface area (Å²) < 4.78 is 8.92. The first kappa shape index (κ1) is 9.52. The van der Waals surface area contributed by atoms with Crippen molar-refractivity contribution in [2.24, 2.45) is 0 Å². The van der Waals surface area contributed by atoms with Gasteiger partial charge in [-0.25, -0.2) is 4.79 Å². The molecule has 14 heavy (non-hydrogen) atoms. The first-order chi connectivity index (χ1) is 6.81. The second-order valence-electron chi connectivity index (χ2n) is 3.65. The fourth-order valence-corrected chi connectivity index (χ4v) is 1.84. The van der Waals surface area contributed by atoms with Crippen LogP contribution in [-0.4, -0.2) is 21.8 Å². The van der Waals surface area contributed by atoms with Gasteiger partial charge in [0.15, 0.2) is 0 Å². The normalized spacial score (nSPS) is 21.6. The van der Waals surface area contributed by atoms with Crippen molar-refractivity contribution in [3.8, 4) is 0 Å². The summed E-state index contributed by atoms with van der Waals surface area (Å²) in [6.07, 6.45) is 6.10. The maximum absolute atomic E-state index is 11.7. The SMILES string of the molecule is CCn1ccn(CC2CCCO2)c1=O. The molecule has 1 fully saturated rings. The monoisotopic (exact) mass is 196 g/mol. The Bertz CT molecular complexity index is 347. The van der Waals surface area contributed by atoms with Crippen molar-refractivity contribution < 1.29 is 4.74 Å². The minimum atomic E-state index is 0.0722. The van der Waals surface area contributed by atoms with Gasteiger partial charge < -0.3 is 4.74 Å². The van der Waals surface area contributed by atoms with Crippen LogP contribution in [0.1, 0.15) is 19.8 Å². The second-order valence-corrected chi connectivity index (χ2v) is 3.65. The molecule has 1 atom stereocenters. The summed E-state index contributed by atoms with van der Waals surface area (Å²) >= 11 is 0. The number of nitrogens with zero attached hydrogens (tertiary/aromatic N) is 2. The van der Waals surface area contributed by atoms with Crippen molar-refractivity contribution in [2.75, 3.05) is 6.61 Å². The Morgan fingerprint density at radius 3 is 2.86 bits per heavy atom. The molecule has 0 bridgehead atoms. The molecule has 4 heteroatoms. The molecule has 1 aromatic rings. The van der Waals surface area contributed by atoms with Crippen molar-refractivity contribution >= 4 is 0 Å². The summed E-state index contributed by atoms with van der Waals surface area (Å²) in [6.45, 7) is 4.24. The van der Waals surface area contributed by atoms with Gasteiger partial charge in [-0.15, -0.1) is 0 Å². The fraction of sp³-hybridized carbons (Fsp3) is 0.700. The predicted molar refractivity (Wildman–Crippen MR) is 53.3 cm³/mol. The number of imidazole rings is 1. The zero-order valence-electron chi connectivity index (χ0n) is 8.48. The van der Waals surface area contributed by atoms with E-state index in [2.05, 4.69) is 0 Å². The highest BCUT2D eigenvalue weighted by Crippen LogP contribution is 2.12. The maximum atomic E-state index is 11.7. The highest BCUT2D eigenvalue weighted by atomic mass is 16.5. The van der Waals surface area contributed by atoms with Crippen LogP contribution in [0.25, 0.3) is 0 Å². The smallest absolute Gasteiger partial charge is 0.328 e. The minimum absolute atomic E-state index is 0.0722. The number of aryl methyl sites for hydroxylation is 1. The molecule has 0 aliphatic carbocycles. The molecule has 1 aromatic heterocycles. The lowest BCUT2D eigenvalue weighted by Crippen LogP contribution is -2.27. The largest absolute Gasteiger partial charge is 0.376 e. The summed E-state index contributed by atoms with van der Waals surface area (Å²) in [5.74, 6) is 0. The molecule has 4 nitrogen and oxygen atoms in total. The van der Waals surface area contributed by atoms with Crippen molar-refractivity contribution in [1.29, 1.82) is 0 Å². The van der Waals surface area contributed by atoms with E-state index in [0.717, 1.165) is 26.0 Å². The van der Waals surface area contributed by atoms with Crippen molar-refractivity contribution in [1.82, 2.24) is 9.13 Å². The van der Waals surface area contributed by atoms with Crippen molar-refractivity contribution in [2.45, 2.75) is 39.0 Å². The summed E-state index contributed by atoms with van der Waals surface area (Å²) in [4.78, 5) is 11.7. The average Bonchev–Trinajstić information content (AvgIpc) is 2.79. The van der Waals surface area contributed by atoms with Crippen LogP contribution in [0, 0.1) is 0 Å². The van der Waals surface area contributed by atoms with E-state index in [1.54, 1.807) is 9.13 Å². The summed E-state index contributed by atoms with van der Waals surface area (Å²) in [7, 11) is 0. The Balaban J connectivity index is 2.08. The van der Waals surface area contributed by atoms with Crippen LogP contribution < -0.4 is 5.69 Å². The van der Waals surface area contributed by atoms with Gasteiger partial charge in [-0.1, -0.05) is 0 Å². The third-order valence-electron chi connectivity index (χ3n) is 2.68. The molecule has 0 spiro atoms. The second kappa shape index (κ2) is 4.00. The molecule has 0 saturated carbocycles. The van der Waals surface area contributed by atoms with Crippen LogP contribution in [0.15, 0.2) is 17.2 Å². The molecule has 2 heterocycles. The standard InChI is InChI=1S/C10H16N2O2/c1-2-11-5-6-12(10(11)13)8-9-4-3-7-14-9/h5-6,9H,2-4,7-8H2,1H3. The van der Waals surface area contributed by atoms with Gasteiger partial charge in [0.2, 0.25) is 0 Å². The molecule has 0 radical (unpaired) electrons. The third kappa shape index (κ3) is 1.75. The molecule has 78 valence electrons. The van der Waals surface area contributed by atoms with Gasteiger partial charge in [0.25, 0.3) is 0 Å². The number of hydrogen-bond acceptors (Lipinski definition) is 2. The Hall–Kier alpha value is -1.03.